The van der Waals surface area contributed by atoms with Crippen molar-refractivity contribution in [1.82, 2.24) is 15.0 Å². The predicted octanol–water partition coefficient (Wildman–Crippen LogP) is 3.60. The van der Waals surface area contributed by atoms with Crippen molar-refractivity contribution in [2.45, 2.75) is 11.4 Å². The standard InChI is InChI=1S/C20H16ClN5O2S/c21-19-8-5-13(10-23-19)11-24-20-16-9-14(6-7-17(16)25-12-26-20)15-3-1-2-4-18(15)29(22,27)28/h1-10,12H,11H2,(H2,22,27,28)(H,24,25,26). The first kappa shape index (κ1) is 19.3. The molecule has 0 saturated carbocycles. The molecule has 2 aromatic heterocycles. The molecule has 0 unspecified atom stereocenters. The van der Waals surface area contributed by atoms with Crippen LogP contribution in [0, 0.1) is 0 Å². The number of hydrogen-bond acceptors (Lipinski definition) is 6. The number of fused-ring (bicyclic) bond motifs is 1. The molecule has 2 heterocycles. The highest BCUT2D eigenvalue weighted by Crippen LogP contribution is 2.30. The van der Waals surface area contributed by atoms with Crippen LogP contribution in [-0.4, -0.2) is 23.4 Å². The quantitative estimate of drug-likeness (QED) is 0.472. The van der Waals surface area contributed by atoms with E-state index in [0.29, 0.717) is 28.6 Å². The van der Waals surface area contributed by atoms with Crippen LogP contribution in [0.25, 0.3) is 22.0 Å². The van der Waals surface area contributed by atoms with Gasteiger partial charge in [-0.15, -0.1) is 0 Å². The summed E-state index contributed by atoms with van der Waals surface area (Å²) >= 11 is 5.82. The first-order valence-corrected chi connectivity index (χ1v) is 10.6. The van der Waals surface area contributed by atoms with Gasteiger partial charge >= 0.3 is 0 Å². The number of halogens is 1. The fourth-order valence-corrected chi connectivity index (χ4v) is 3.89. The second-order valence-corrected chi connectivity index (χ2v) is 8.26. The Hall–Kier alpha value is -3.07. The molecule has 0 atom stereocenters. The average molecular weight is 426 g/mol. The minimum Gasteiger partial charge on any atom is -0.365 e. The minimum absolute atomic E-state index is 0.0675. The molecule has 9 heteroatoms. The molecule has 146 valence electrons. The van der Waals surface area contributed by atoms with Gasteiger partial charge in [0, 0.05) is 23.7 Å². The van der Waals surface area contributed by atoms with E-state index in [4.69, 9.17) is 16.7 Å². The van der Waals surface area contributed by atoms with Crippen molar-refractivity contribution < 1.29 is 8.42 Å². The zero-order valence-corrected chi connectivity index (χ0v) is 16.7. The number of primary sulfonamides is 1. The van der Waals surface area contributed by atoms with Crippen molar-refractivity contribution in [3.63, 3.8) is 0 Å². The minimum atomic E-state index is -3.86. The molecular formula is C20H16ClN5O2S. The van der Waals surface area contributed by atoms with Gasteiger partial charge in [0.25, 0.3) is 0 Å². The van der Waals surface area contributed by atoms with Crippen LogP contribution in [-0.2, 0) is 16.6 Å². The molecule has 0 radical (unpaired) electrons. The summed E-state index contributed by atoms with van der Waals surface area (Å²) in [4.78, 5) is 12.8. The van der Waals surface area contributed by atoms with Crippen LogP contribution in [0.2, 0.25) is 5.15 Å². The Labute approximate surface area is 172 Å². The Balaban J connectivity index is 1.74. The van der Waals surface area contributed by atoms with Crippen molar-refractivity contribution in [3.8, 4) is 11.1 Å². The number of rotatable bonds is 5. The van der Waals surface area contributed by atoms with E-state index in [1.165, 1.54) is 12.4 Å². The summed E-state index contributed by atoms with van der Waals surface area (Å²) in [6, 6.07) is 15.7. The lowest BCUT2D eigenvalue weighted by Crippen LogP contribution is -2.13. The fraction of sp³-hybridized carbons (Fsp3) is 0.0500. The number of nitrogens with zero attached hydrogens (tertiary/aromatic N) is 3. The molecule has 0 aliphatic carbocycles. The molecule has 7 nitrogen and oxygen atoms in total. The molecule has 0 fully saturated rings. The molecule has 4 aromatic rings. The summed E-state index contributed by atoms with van der Waals surface area (Å²) in [7, 11) is -3.86. The molecule has 0 aliphatic heterocycles. The van der Waals surface area contributed by atoms with Crippen LogP contribution in [0.1, 0.15) is 5.56 Å². The summed E-state index contributed by atoms with van der Waals surface area (Å²) in [5.41, 5.74) is 2.90. The fourth-order valence-electron chi connectivity index (χ4n) is 3.02. The molecule has 0 bridgehead atoms. The summed E-state index contributed by atoms with van der Waals surface area (Å²) in [6.07, 6.45) is 3.16. The Morgan fingerprint density at radius 2 is 1.83 bits per heavy atom. The lowest BCUT2D eigenvalue weighted by Gasteiger charge is -2.11. The number of hydrogen-bond donors (Lipinski definition) is 2. The smallest absolute Gasteiger partial charge is 0.238 e. The molecular weight excluding hydrogens is 410 g/mol. The third-order valence-electron chi connectivity index (χ3n) is 4.39. The zero-order chi connectivity index (χ0) is 20.4. The van der Waals surface area contributed by atoms with Gasteiger partial charge in [-0.05, 0) is 35.4 Å². The van der Waals surface area contributed by atoms with Gasteiger partial charge in [0.2, 0.25) is 10.0 Å². The van der Waals surface area contributed by atoms with Crippen molar-refractivity contribution in [2.75, 3.05) is 5.32 Å². The molecule has 29 heavy (non-hydrogen) atoms. The predicted molar refractivity (Wildman–Crippen MR) is 113 cm³/mol. The highest BCUT2D eigenvalue weighted by molar-refractivity contribution is 7.89. The number of sulfonamides is 1. The maximum atomic E-state index is 12.0. The van der Waals surface area contributed by atoms with Gasteiger partial charge < -0.3 is 5.32 Å². The Bertz CT molecular complexity index is 1290. The van der Waals surface area contributed by atoms with E-state index in [0.717, 1.165) is 16.5 Å². The summed E-state index contributed by atoms with van der Waals surface area (Å²) in [5, 5.41) is 9.84. The van der Waals surface area contributed by atoms with Gasteiger partial charge in [0.15, 0.2) is 0 Å². The number of aromatic nitrogens is 3. The molecule has 0 saturated heterocycles. The maximum Gasteiger partial charge on any atom is 0.238 e. The second-order valence-electron chi connectivity index (χ2n) is 6.34. The largest absolute Gasteiger partial charge is 0.365 e. The third kappa shape index (κ3) is 4.19. The monoisotopic (exact) mass is 425 g/mol. The van der Waals surface area contributed by atoms with Crippen LogP contribution in [0.4, 0.5) is 5.82 Å². The normalized spacial score (nSPS) is 11.5. The number of nitrogens with two attached hydrogens (primary N) is 1. The van der Waals surface area contributed by atoms with Crippen molar-refractivity contribution in [2.24, 2.45) is 5.14 Å². The molecule has 0 aliphatic rings. The van der Waals surface area contributed by atoms with E-state index in [1.54, 1.807) is 30.5 Å². The van der Waals surface area contributed by atoms with Gasteiger partial charge in [-0.25, -0.2) is 28.5 Å². The Morgan fingerprint density at radius 1 is 1.00 bits per heavy atom. The topological polar surface area (TPSA) is 111 Å². The third-order valence-corrected chi connectivity index (χ3v) is 5.58. The molecule has 2 aromatic carbocycles. The Kier molecular flexibility index (Phi) is 5.14. The van der Waals surface area contributed by atoms with Gasteiger partial charge in [-0.3, -0.25) is 0 Å². The lowest BCUT2D eigenvalue weighted by molar-refractivity contribution is 0.598. The highest BCUT2D eigenvalue weighted by Gasteiger charge is 2.15. The van der Waals surface area contributed by atoms with Crippen molar-refractivity contribution in [3.05, 3.63) is 77.8 Å². The summed E-state index contributed by atoms with van der Waals surface area (Å²) in [5.74, 6) is 0.625. The summed E-state index contributed by atoms with van der Waals surface area (Å²) < 4.78 is 23.9. The summed E-state index contributed by atoms with van der Waals surface area (Å²) in [6.45, 7) is 0.494. The molecule has 0 spiro atoms. The maximum absolute atomic E-state index is 12.0. The molecule has 3 N–H and O–H groups in total. The van der Waals surface area contributed by atoms with E-state index in [-0.39, 0.29) is 4.90 Å². The lowest BCUT2D eigenvalue weighted by atomic mass is 10.0. The van der Waals surface area contributed by atoms with Crippen LogP contribution >= 0.6 is 11.6 Å². The van der Waals surface area contributed by atoms with Crippen molar-refractivity contribution in [1.29, 1.82) is 0 Å². The number of anilines is 1. The van der Waals surface area contributed by atoms with E-state index < -0.39 is 10.0 Å². The van der Waals surface area contributed by atoms with Crippen LogP contribution in [0.3, 0.4) is 0 Å². The number of nitrogens with one attached hydrogen (secondary N) is 1. The molecule has 0 amide bonds. The highest BCUT2D eigenvalue weighted by atomic mass is 35.5. The van der Waals surface area contributed by atoms with Crippen LogP contribution < -0.4 is 10.5 Å². The first-order chi connectivity index (χ1) is 13.9. The zero-order valence-electron chi connectivity index (χ0n) is 15.1. The van der Waals surface area contributed by atoms with E-state index in [2.05, 4.69) is 20.3 Å². The first-order valence-electron chi connectivity index (χ1n) is 8.63. The number of benzene rings is 2. The van der Waals surface area contributed by atoms with E-state index >= 15 is 0 Å². The van der Waals surface area contributed by atoms with Crippen LogP contribution in [0.5, 0.6) is 0 Å². The van der Waals surface area contributed by atoms with E-state index in [9.17, 15) is 8.42 Å². The average Bonchev–Trinajstić information content (AvgIpc) is 2.72. The number of pyridine rings is 1. The van der Waals surface area contributed by atoms with Gasteiger partial charge in [0.1, 0.15) is 17.3 Å². The van der Waals surface area contributed by atoms with Gasteiger partial charge in [0.05, 0.1) is 10.4 Å². The van der Waals surface area contributed by atoms with Crippen LogP contribution in [0.15, 0.2) is 72.0 Å². The Morgan fingerprint density at radius 3 is 2.59 bits per heavy atom. The van der Waals surface area contributed by atoms with Crippen molar-refractivity contribution >= 4 is 38.3 Å². The second kappa shape index (κ2) is 7.75. The van der Waals surface area contributed by atoms with E-state index in [1.807, 2.05) is 24.3 Å². The molecule has 4 rings (SSSR count). The SMILES string of the molecule is NS(=O)(=O)c1ccccc1-c1ccc2ncnc(NCc3ccc(Cl)nc3)c2c1. The van der Waals surface area contributed by atoms with Gasteiger partial charge in [-0.1, -0.05) is 41.9 Å². The van der Waals surface area contributed by atoms with Gasteiger partial charge in [-0.2, -0.15) is 0 Å².